The smallest absolute Gasteiger partial charge is 0.326 e. The number of carboxylic acids is 1. The summed E-state index contributed by atoms with van der Waals surface area (Å²) < 4.78 is 0. The lowest BCUT2D eigenvalue weighted by molar-refractivity contribution is -0.144. The molecule has 0 saturated carbocycles. The van der Waals surface area contributed by atoms with Crippen LogP contribution in [0.4, 0.5) is 0 Å². The van der Waals surface area contributed by atoms with Crippen molar-refractivity contribution in [2.24, 2.45) is 28.9 Å². The zero-order valence-corrected chi connectivity index (χ0v) is 28.5. The van der Waals surface area contributed by atoms with Gasteiger partial charge < -0.3 is 59.3 Å². The first kappa shape index (κ1) is 42.6. The fourth-order valence-corrected chi connectivity index (χ4v) is 5.44. The van der Waals surface area contributed by atoms with Gasteiger partial charge in [-0.2, -0.15) is 0 Å². The predicted molar refractivity (Wildman–Crippen MR) is 179 cm³/mol. The number of hydrogen-bond acceptors (Lipinski definition) is 11. The number of nitrogens with one attached hydrogen (secondary N) is 4. The lowest BCUT2D eigenvalue weighted by Crippen LogP contribution is -2.60. The van der Waals surface area contributed by atoms with E-state index in [1.165, 1.54) is 4.90 Å². The maximum absolute atomic E-state index is 13.6. The highest BCUT2D eigenvalue weighted by Crippen LogP contribution is 2.20. The fraction of sp³-hybridized carbons (Fsp3) is 0.806. The van der Waals surface area contributed by atoms with E-state index in [0.717, 1.165) is 0 Å². The molecule has 0 radical (unpaired) electrons. The number of amides is 5. The summed E-state index contributed by atoms with van der Waals surface area (Å²) >= 11 is 0. The zero-order chi connectivity index (χ0) is 36.2. The van der Waals surface area contributed by atoms with E-state index in [1.807, 2.05) is 0 Å². The number of hydrogen-bond donors (Lipinski definition) is 10. The molecule has 1 rings (SSSR count). The number of aliphatic hydroxyl groups is 1. The van der Waals surface area contributed by atoms with Crippen LogP contribution in [0.1, 0.15) is 84.5 Å². The zero-order valence-electron chi connectivity index (χ0n) is 28.5. The van der Waals surface area contributed by atoms with Gasteiger partial charge in [0.1, 0.15) is 30.2 Å². The van der Waals surface area contributed by atoms with Gasteiger partial charge in [0, 0.05) is 6.54 Å². The minimum Gasteiger partial charge on any atom is -0.480 e. The Kier molecular flexibility index (Phi) is 20.5. The highest BCUT2D eigenvalue weighted by atomic mass is 16.4. The summed E-state index contributed by atoms with van der Waals surface area (Å²) in [6, 6.07) is -6.55. The van der Waals surface area contributed by atoms with Crippen LogP contribution in [0.15, 0.2) is 0 Å². The summed E-state index contributed by atoms with van der Waals surface area (Å²) in [5.41, 5.74) is 22.6. The molecule has 6 atom stereocenters. The molecule has 0 aromatic carbocycles. The van der Waals surface area contributed by atoms with Crippen LogP contribution in [0, 0.1) is 5.92 Å². The predicted octanol–water partition coefficient (Wildman–Crippen LogP) is -2.64. The number of aliphatic carboxylic acids is 1. The second-order valence-electron chi connectivity index (χ2n) is 12.6. The van der Waals surface area contributed by atoms with E-state index in [9.17, 15) is 39.0 Å². The molecular formula is C31H59N9O8. The number of aliphatic hydroxyl groups excluding tert-OH is 1. The fourth-order valence-electron chi connectivity index (χ4n) is 5.44. The Hall–Kier alpha value is -3.38. The topological polar surface area (TPSA) is 298 Å². The lowest BCUT2D eigenvalue weighted by Gasteiger charge is -2.31. The molecule has 48 heavy (non-hydrogen) atoms. The second kappa shape index (κ2) is 23.1. The Morgan fingerprint density at radius 2 is 1.25 bits per heavy atom. The van der Waals surface area contributed by atoms with E-state index in [4.69, 9.17) is 22.9 Å². The summed E-state index contributed by atoms with van der Waals surface area (Å²) in [5, 5.41) is 30.0. The van der Waals surface area contributed by atoms with Crippen molar-refractivity contribution in [1.29, 1.82) is 0 Å². The first-order valence-corrected chi connectivity index (χ1v) is 17.0. The number of carboxylic acid groups (broad SMARTS) is 1. The molecule has 1 aliphatic heterocycles. The van der Waals surface area contributed by atoms with E-state index in [1.54, 1.807) is 13.8 Å². The third-order valence-corrected chi connectivity index (χ3v) is 8.33. The molecule has 5 amide bonds. The van der Waals surface area contributed by atoms with Crippen LogP contribution in [0.3, 0.4) is 0 Å². The standard InChI is InChI=1S/C31H59N9O8/c1-19(2)25(29(45)37-22(31(47)48)12-5-8-16-34)39-28(44)24-13-9-17-40(24)30(46)23(18-41)38-27(43)21(11-4-7-15-33)36-26(42)20(35)10-3-6-14-32/h19-25,41H,3-18,32-35H2,1-2H3,(H,36,42)(H,37,45)(H,38,43)(H,39,44)(H,47,48)/t20-,21-,22-,23-,24-,25-/m0/s1. The van der Waals surface area contributed by atoms with Gasteiger partial charge in [0.25, 0.3) is 0 Å². The summed E-state index contributed by atoms with van der Waals surface area (Å²) in [6.07, 6.45) is 5.04. The molecule has 0 bridgehead atoms. The van der Waals surface area contributed by atoms with Gasteiger partial charge in [-0.3, -0.25) is 24.0 Å². The third-order valence-electron chi connectivity index (χ3n) is 8.33. The summed E-state index contributed by atoms with van der Waals surface area (Å²) in [6.45, 7) is 4.02. The van der Waals surface area contributed by atoms with Crippen molar-refractivity contribution >= 4 is 35.5 Å². The molecule has 17 nitrogen and oxygen atoms in total. The Morgan fingerprint density at radius 3 is 1.77 bits per heavy atom. The number of carbonyl (C=O) groups excluding carboxylic acids is 5. The summed E-state index contributed by atoms with van der Waals surface area (Å²) in [7, 11) is 0. The molecule has 0 aromatic heterocycles. The molecule has 17 heteroatoms. The Morgan fingerprint density at radius 1 is 0.729 bits per heavy atom. The van der Waals surface area contributed by atoms with Crippen LogP contribution in [-0.2, 0) is 28.8 Å². The number of nitrogens with two attached hydrogens (primary N) is 4. The van der Waals surface area contributed by atoms with Crippen LogP contribution in [-0.4, -0.2) is 120 Å². The minimum absolute atomic E-state index is 0.165. The summed E-state index contributed by atoms with van der Waals surface area (Å²) in [4.78, 5) is 79.1. The number of nitrogens with zero attached hydrogens (tertiary/aromatic N) is 1. The van der Waals surface area contributed by atoms with Gasteiger partial charge in [0.2, 0.25) is 29.5 Å². The molecule has 0 spiro atoms. The molecule has 0 aliphatic carbocycles. The van der Waals surface area contributed by atoms with Crippen molar-refractivity contribution in [2.75, 3.05) is 32.8 Å². The van der Waals surface area contributed by atoms with Crippen molar-refractivity contribution in [3.05, 3.63) is 0 Å². The Bertz CT molecular complexity index is 1050. The molecule has 1 aliphatic rings. The third kappa shape index (κ3) is 14.4. The highest BCUT2D eigenvalue weighted by Gasteiger charge is 2.40. The number of carbonyl (C=O) groups is 6. The van der Waals surface area contributed by atoms with Crippen LogP contribution < -0.4 is 44.2 Å². The van der Waals surface area contributed by atoms with Crippen molar-refractivity contribution in [1.82, 2.24) is 26.2 Å². The van der Waals surface area contributed by atoms with E-state index >= 15 is 0 Å². The maximum Gasteiger partial charge on any atom is 0.326 e. The normalized spacial score (nSPS) is 17.6. The first-order chi connectivity index (χ1) is 22.8. The molecule has 1 heterocycles. The van der Waals surface area contributed by atoms with E-state index in [0.29, 0.717) is 71.0 Å². The maximum atomic E-state index is 13.6. The Balaban J connectivity index is 3.00. The van der Waals surface area contributed by atoms with Gasteiger partial charge in [-0.15, -0.1) is 0 Å². The van der Waals surface area contributed by atoms with Gasteiger partial charge in [-0.05, 0) is 89.8 Å². The van der Waals surface area contributed by atoms with Crippen molar-refractivity contribution in [3.8, 4) is 0 Å². The van der Waals surface area contributed by atoms with E-state index < -0.39 is 84.3 Å². The Labute approximate surface area is 283 Å². The molecule has 1 fully saturated rings. The summed E-state index contributed by atoms with van der Waals surface area (Å²) in [5.74, 6) is -4.84. The molecule has 0 unspecified atom stereocenters. The van der Waals surface area contributed by atoms with Crippen molar-refractivity contribution in [2.45, 2.75) is 121 Å². The van der Waals surface area contributed by atoms with E-state index in [-0.39, 0.29) is 25.8 Å². The number of rotatable bonds is 24. The lowest BCUT2D eigenvalue weighted by atomic mass is 10.0. The molecule has 276 valence electrons. The van der Waals surface area contributed by atoms with Crippen molar-refractivity contribution in [3.63, 3.8) is 0 Å². The number of likely N-dealkylation sites (tertiary alicyclic amines) is 1. The quantitative estimate of drug-likeness (QED) is 0.0467. The molecule has 0 aromatic rings. The van der Waals surface area contributed by atoms with Gasteiger partial charge in [-0.25, -0.2) is 4.79 Å². The molecular weight excluding hydrogens is 626 g/mol. The minimum atomic E-state index is -1.41. The van der Waals surface area contributed by atoms with E-state index in [2.05, 4.69) is 21.3 Å². The molecule has 1 saturated heterocycles. The van der Waals surface area contributed by atoms with Crippen molar-refractivity contribution < 1.29 is 39.0 Å². The van der Waals surface area contributed by atoms with Crippen LogP contribution in [0.25, 0.3) is 0 Å². The van der Waals surface area contributed by atoms with Gasteiger partial charge in [0.15, 0.2) is 0 Å². The average Bonchev–Trinajstić information content (AvgIpc) is 3.54. The van der Waals surface area contributed by atoms with Gasteiger partial charge in [-0.1, -0.05) is 20.3 Å². The largest absolute Gasteiger partial charge is 0.480 e. The van der Waals surface area contributed by atoms with Gasteiger partial charge >= 0.3 is 5.97 Å². The first-order valence-electron chi connectivity index (χ1n) is 17.0. The average molecular weight is 686 g/mol. The van der Waals surface area contributed by atoms with Crippen LogP contribution >= 0.6 is 0 Å². The second-order valence-corrected chi connectivity index (χ2v) is 12.6. The van der Waals surface area contributed by atoms with Crippen LogP contribution in [0.2, 0.25) is 0 Å². The molecule has 14 N–H and O–H groups in total. The van der Waals surface area contributed by atoms with Gasteiger partial charge in [0.05, 0.1) is 12.6 Å². The van der Waals surface area contributed by atoms with Crippen LogP contribution in [0.5, 0.6) is 0 Å². The monoisotopic (exact) mass is 685 g/mol. The highest BCUT2D eigenvalue weighted by molar-refractivity contribution is 5.96. The SMILES string of the molecule is CC(C)[C@H](NC(=O)[C@@H]1CCCN1C(=O)[C@H](CO)NC(=O)[C@H](CCCCN)NC(=O)[C@@H](N)CCCCN)C(=O)N[C@@H](CCCCN)C(=O)O. The number of unbranched alkanes of at least 4 members (excludes halogenated alkanes) is 3.